The number of carboxylic acids is 1. The number of nitrogens with two attached hydrogens (primary N) is 1. The molecule has 0 aliphatic rings. The first-order valence-corrected chi connectivity index (χ1v) is 4.12. The normalized spacial score (nSPS) is 12.6. The monoisotopic (exact) mass is 274 g/mol. The minimum Gasteiger partial charge on any atom is -0.478 e. The Morgan fingerprint density at radius 3 is 2.00 bits per heavy atom. The van der Waals surface area contributed by atoms with E-state index in [9.17, 15) is 31.1 Å². The molecule has 0 spiro atoms. The lowest BCUT2D eigenvalue weighted by Crippen LogP contribution is -2.20. The van der Waals surface area contributed by atoms with Crippen molar-refractivity contribution in [1.29, 1.82) is 0 Å². The number of carbonyl (C=O) groups is 1. The minimum atomic E-state index is -5.29. The maximum absolute atomic E-state index is 12.4. The van der Waals surface area contributed by atoms with Crippen LogP contribution in [0.25, 0.3) is 0 Å². The molecule has 1 rings (SSSR count). The van der Waals surface area contributed by atoms with Gasteiger partial charge in [-0.1, -0.05) is 0 Å². The van der Waals surface area contributed by atoms with Crippen LogP contribution in [0.2, 0.25) is 0 Å². The molecule has 0 bridgehead atoms. The number of nitrogen functional groups attached to an aromatic ring is 1. The molecular weight excluding hydrogens is 270 g/mol. The molecule has 0 aliphatic heterocycles. The smallest absolute Gasteiger partial charge is 0.433 e. The number of aromatic nitrogens is 1. The number of nitrogens with zero attached hydrogens (tertiary/aromatic N) is 1. The second-order valence-corrected chi connectivity index (χ2v) is 3.12. The van der Waals surface area contributed by atoms with E-state index in [-0.39, 0.29) is 6.07 Å². The second kappa shape index (κ2) is 4.03. The highest BCUT2D eigenvalue weighted by atomic mass is 19.4. The third kappa shape index (κ3) is 2.63. The van der Waals surface area contributed by atoms with E-state index in [0.717, 1.165) is 0 Å². The van der Waals surface area contributed by atoms with Crippen LogP contribution in [0.15, 0.2) is 6.07 Å². The molecule has 0 aromatic carbocycles. The van der Waals surface area contributed by atoms with Gasteiger partial charge in [0.2, 0.25) is 0 Å². The van der Waals surface area contributed by atoms with Crippen molar-refractivity contribution in [1.82, 2.24) is 4.98 Å². The summed E-state index contributed by atoms with van der Waals surface area (Å²) >= 11 is 0. The van der Waals surface area contributed by atoms with E-state index in [1.807, 2.05) is 0 Å². The Labute approximate surface area is 95.0 Å². The molecule has 0 atom stereocenters. The van der Waals surface area contributed by atoms with Crippen molar-refractivity contribution >= 4 is 11.8 Å². The van der Waals surface area contributed by atoms with E-state index in [1.54, 1.807) is 0 Å². The van der Waals surface area contributed by atoms with Crippen LogP contribution in [-0.4, -0.2) is 16.1 Å². The molecule has 1 heterocycles. The number of carboxylic acid groups (broad SMARTS) is 1. The summed E-state index contributed by atoms with van der Waals surface area (Å²) < 4.78 is 74.0. The quantitative estimate of drug-likeness (QED) is 0.771. The van der Waals surface area contributed by atoms with E-state index in [1.165, 1.54) is 0 Å². The molecule has 0 aliphatic carbocycles. The van der Waals surface area contributed by atoms with E-state index in [4.69, 9.17) is 10.8 Å². The molecule has 100 valence electrons. The Kier molecular flexibility index (Phi) is 3.15. The summed E-state index contributed by atoms with van der Waals surface area (Å²) in [5.74, 6) is -3.45. The van der Waals surface area contributed by atoms with Crippen LogP contribution in [0.1, 0.15) is 21.6 Å². The molecule has 0 radical (unpaired) electrons. The number of hydrogen-bond donors (Lipinski definition) is 2. The van der Waals surface area contributed by atoms with E-state index in [0.29, 0.717) is 0 Å². The Morgan fingerprint density at radius 2 is 1.67 bits per heavy atom. The number of alkyl halides is 6. The van der Waals surface area contributed by atoms with Crippen LogP contribution < -0.4 is 5.73 Å². The SMILES string of the molecule is Nc1nc(C(F)(F)F)cc(C(F)(F)F)c1C(=O)O. The summed E-state index contributed by atoms with van der Waals surface area (Å²) in [4.78, 5) is 13.2. The van der Waals surface area contributed by atoms with Gasteiger partial charge in [0.25, 0.3) is 0 Å². The third-order valence-electron chi connectivity index (χ3n) is 1.86. The van der Waals surface area contributed by atoms with Crippen molar-refractivity contribution in [2.24, 2.45) is 0 Å². The predicted molar refractivity (Wildman–Crippen MR) is 45.6 cm³/mol. The maximum Gasteiger partial charge on any atom is 0.433 e. The standard InChI is InChI=1S/C8H4F6N2O2/c9-7(10,11)2-1-3(8(12,13)14)16-5(15)4(2)6(17)18/h1H,(H2,15,16)(H,17,18). The summed E-state index contributed by atoms with van der Waals surface area (Å²) in [6, 6.07) is -0.389. The van der Waals surface area contributed by atoms with Crippen LogP contribution >= 0.6 is 0 Å². The van der Waals surface area contributed by atoms with Gasteiger partial charge >= 0.3 is 18.3 Å². The number of rotatable bonds is 1. The molecule has 0 fully saturated rings. The lowest BCUT2D eigenvalue weighted by atomic mass is 10.1. The van der Waals surface area contributed by atoms with Gasteiger partial charge in [-0.2, -0.15) is 26.3 Å². The van der Waals surface area contributed by atoms with Gasteiger partial charge in [0.15, 0.2) is 0 Å². The van der Waals surface area contributed by atoms with E-state index in [2.05, 4.69) is 4.98 Å². The first-order chi connectivity index (χ1) is 7.94. The van der Waals surface area contributed by atoms with Gasteiger partial charge in [0.1, 0.15) is 17.1 Å². The number of aromatic carboxylic acids is 1. The van der Waals surface area contributed by atoms with Crippen LogP contribution in [0.4, 0.5) is 32.2 Å². The van der Waals surface area contributed by atoms with Gasteiger partial charge in [-0.05, 0) is 6.07 Å². The second-order valence-electron chi connectivity index (χ2n) is 3.12. The van der Waals surface area contributed by atoms with Crippen LogP contribution in [0, 0.1) is 0 Å². The third-order valence-corrected chi connectivity index (χ3v) is 1.86. The number of anilines is 1. The summed E-state index contributed by atoms with van der Waals surface area (Å²) in [5.41, 5.74) is -0.576. The highest BCUT2D eigenvalue weighted by Crippen LogP contribution is 2.38. The molecule has 0 unspecified atom stereocenters. The zero-order valence-corrected chi connectivity index (χ0v) is 8.23. The average Bonchev–Trinajstić information content (AvgIpc) is 2.12. The predicted octanol–water partition coefficient (Wildman–Crippen LogP) is 2.40. The van der Waals surface area contributed by atoms with Gasteiger partial charge < -0.3 is 10.8 Å². The molecule has 0 saturated carbocycles. The highest BCUT2D eigenvalue weighted by Gasteiger charge is 2.42. The van der Waals surface area contributed by atoms with Gasteiger partial charge in [-0.25, -0.2) is 9.78 Å². The Morgan fingerprint density at radius 1 is 1.17 bits per heavy atom. The summed E-state index contributed by atoms with van der Waals surface area (Å²) in [5, 5.41) is 8.50. The lowest BCUT2D eigenvalue weighted by Gasteiger charge is -2.14. The highest BCUT2D eigenvalue weighted by molar-refractivity contribution is 5.94. The first kappa shape index (κ1) is 14.1. The van der Waals surface area contributed by atoms with Crippen LogP contribution in [-0.2, 0) is 12.4 Å². The topological polar surface area (TPSA) is 76.2 Å². The molecule has 0 amide bonds. The molecular formula is C8H4F6N2O2. The maximum atomic E-state index is 12.4. The summed E-state index contributed by atoms with van der Waals surface area (Å²) in [6.07, 6.45) is -10.4. The van der Waals surface area contributed by atoms with E-state index < -0.39 is 41.0 Å². The molecule has 4 nitrogen and oxygen atoms in total. The van der Waals surface area contributed by atoms with Crippen LogP contribution in [0.5, 0.6) is 0 Å². The largest absolute Gasteiger partial charge is 0.478 e. The first-order valence-electron chi connectivity index (χ1n) is 4.12. The van der Waals surface area contributed by atoms with Crippen molar-refractivity contribution < 1.29 is 36.2 Å². The van der Waals surface area contributed by atoms with Crippen molar-refractivity contribution in [2.45, 2.75) is 12.4 Å². The minimum absolute atomic E-state index is 0.389. The van der Waals surface area contributed by atoms with Gasteiger partial charge in [-0.3, -0.25) is 0 Å². The summed E-state index contributed by atoms with van der Waals surface area (Å²) in [6.45, 7) is 0. The van der Waals surface area contributed by atoms with Crippen LogP contribution in [0.3, 0.4) is 0 Å². The molecule has 1 aromatic heterocycles. The zero-order valence-electron chi connectivity index (χ0n) is 8.23. The molecule has 3 N–H and O–H groups in total. The number of halogens is 6. The fourth-order valence-corrected chi connectivity index (χ4v) is 1.16. The van der Waals surface area contributed by atoms with Crippen molar-refractivity contribution in [3.63, 3.8) is 0 Å². The van der Waals surface area contributed by atoms with Crippen molar-refractivity contribution in [3.8, 4) is 0 Å². The van der Waals surface area contributed by atoms with Crippen molar-refractivity contribution in [3.05, 3.63) is 22.9 Å². The molecule has 10 heteroatoms. The molecule has 1 aromatic rings. The lowest BCUT2D eigenvalue weighted by molar-refractivity contribution is -0.145. The Balaban J connectivity index is 3.64. The Bertz CT molecular complexity index is 494. The average molecular weight is 274 g/mol. The summed E-state index contributed by atoms with van der Waals surface area (Å²) in [7, 11) is 0. The molecule has 18 heavy (non-hydrogen) atoms. The molecule has 0 saturated heterocycles. The Hall–Kier alpha value is -2.00. The fourth-order valence-electron chi connectivity index (χ4n) is 1.16. The zero-order chi connectivity index (χ0) is 14.3. The van der Waals surface area contributed by atoms with E-state index >= 15 is 0 Å². The van der Waals surface area contributed by atoms with Crippen molar-refractivity contribution in [2.75, 3.05) is 5.73 Å². The van der Waals surface area contributed by atoms with Gasteiger partial charge in [-0.15, -0.1) is 0 Å². The van der Waals surface area contributed by atoms with Gasteiger partial charge in [0, 0.05) is 0 Å². The number of hydrogen-bond acceptors (Lipinski definition) is 3. The van der Waals surface area contributed by atoms with Gasteiger partial charge in [0.05, 0.1) is 5.56 Å². The fraction of sp³-hybridized carbons (Fsp3) is 0.250. The number of pyridine rings is 1.